The second-order valence-corrected chi connectivity index (χ2v) is 9.58. The van der Waals surface area contributed by atoms with Gasteiger partial charge < -0.3 is 9.64 Å². The van der Waals surface area contributed by atoms with Gasteiger partial charge in [-0.2, -0.15) is 44.3 Å². The summed E-state index contributed by atoms with van der Waals surface area (Å²) >= 11 is 0. The first kappa shape index (κ1) is 30.6. The van der Waals surface area contributed by atoms with E-state index in [2.05, 4.69) is 15.4 Å². The summed E-state index contributed by atoms with van der Waals surface area (Å²) in [5.41, 5.74) is -3.75. The van der Waals surface area contributed by atoms with Gasteiger partial charge in [-0.15, -0.1) is 5.10 Å². The molecule has 1 aliphatic heterocycles. The van der Waals surface area contributed by atoms with E-state index < -0.39 is 47.3 Å². The Balaban J connectivity index is 1.79. The number of nitrogens with zero attached hydrogens (tertiary/aromatic N) is 6. The van der Waals surface area contributed by atoms with Crippen LogP contribution in [-0.4, -0.2) is 51.4 Å². The molecule has 1 aromatic heterocycles. The van der Waals surface area contributed by atoms with Gasteiger partial charge in [-0.3, -0.25) is 4.90 Å². The Morgan fingerprint density at radius 2 is 1.41 bits per heavy atom. The zero-order valence-corrected chi connectivity index (χ0v) is 21.8. The lowest BCUT2D eigenvalue weighted by atomic mass is 9.96. The molecule has 0 saturated carbocycles. The molecule has 7 nitrogen and oxygen atoms in total. The summed E-state index contributed by atoms with van der Waals surface area (Å²) in [5, 5.41) is 11.5. The van der Waals surface area contributed by atoms with Crippen molar-refractivity contribution in [1.82, 2.24) is 25.1 Å². The lowest BCUT2D eigenvalue weighted by Gasteiger charge is -2.34. The quantitative estimate of drug-likeness (QED) is 0.319. The monoisotopic (exact) mass is 596 g/mol. The van der Waals surface area contributed by atoms with E-state index in [0.717, 1.165) is 16.9 Å². The molecule has 3 aromatic rings. The molecular weight excluding hydrogens is 571 g/mol. The number of ether oxygens (including phenoxy) is 1. The van der Waals surface area contributed by atoms with E-state index in [9.17, 15) is 39.5 Å². The fourth-order valence-corrected chi connectivity index (χ4v) is 4.62. The number of benzene rings is 2. The third-order valence-electron chi connectivity index (χ3n) is 6.68. The van der Waals surface area contributed by atoms with Crippen molar-refractivity contribution in [3.63, 3.8) is 0 Å². The molecule has 0 amide bonds. The van der Waals surface area contributed by atoms with Gasteiger partial charge in [0, 0.05) is 32.2 Å². The Hall–Kier alpha value is -3.40. The Bertz CT molecular complexity index is 1310. The van der Waals surface area contributed by atoms with Gasteiger partial charge in [0.1, 0.15) is 0 Å². The minimum atomic E-state index is -5.08. The van der Waals surface area contributed by atoms with Crippen LogP contribution in [-0.2, 0) is 43.4 Å². The molecule has 0 bridgehead atoms. The summed E-state index contributed by atoms with van der Waals surface area (Å²) in [5.74, 6) is -0.194. The van der Waals surface area contributed by atoms with Crippen molar-refractivity contribution in [3.8, 4) is 0 Å². The van der Waals surface area contributed by atoms with E-state index in [4.69, 9.17) is 4.74 Å². The first-order valence-electron chi connectivity index (χ1n) is 12.3. The molecule has 41 heavy (non-hydrogen) atoms. The molecular formula is C25H25F9N6O. The predicted molar refractivity (Wildman–Crippen MR) is 127 cm³/mol. The van der Waals surface area contributed by atoms with Crippen molar-refractivity contribution >= 4 is 5.95 Å². The first-order valence-corrected chi connectivity index (χ1v) is 12.3. The summed E-state index contributed by atoms with van der Waals surface area (Å²) in [7, 11) is 1.39. The summed E-state index contributed by atoms with van der Waals surface area (Å²) in [4.78, 5) is 4.20. The van der Waals surface area contributed by atoms with Gasteiger partial charge in [0.25, 0.3) is 5.95 Å². The number of halogens is 9. The van der Waals surface area contributed by atoms with Gasteiger partial charge in [0.2, 0.25) is 0 Å². The Morgan fingerprint density at radius 3 is 1.93 bits per heavy atom. The summed E-state index contributed by atoms with van der Waals surface area (Å²) < 4.78 is 127. The van der Waals surface area contributed by atoms with Crippen LogP contribution in [0, 0.1) is 0 Å². The topological polar surface area (TPSA) is 59.3 Å². The number of alkyl halides is 9. The van der Waals surface area contributed by atoms with Crippen LogP contribution >= 0.6 is 0 Å². The van der Waals surface area contributed by atoms with Gasteiger partial charge in [-0.25, -0.2) is 0 Å². The molecule has 0 radical (unpaired) electrons. The first-order chi connectivity index (χ1) is 19.0. The van der Waals surface area contributed by atoms with Gasteiger partial charge in [-0.1, -0.05) is 11.2 Å². The Morgan fingerprint density at radius 1 is 0.829 bits per heavy atom. The molecule has 1 saturated heterocycles. The molecule has 0 aliphatic carbocycles. The van der Waals surface area contributed by atoms with Crippen LogP contribution in [0.2, 0.25) is 0 Å². The number of aryl methyl sites for hydroxylation is 1. The average Bonchev–Trinajstić information content (AvgIpc) is 3.33. The van der Waals surface area contributed by atoms with Crippen LogP contribution in [0.25, 0.3) is 0 Å². The number of hydrogen-bond donors (Lipinski definition) is 0. The molecule has 1 fully saturated rings. The van der Waals surface area contributed by atoms with Crippen molar-refractivity contribution in [2.75, 3.05) is 31.2 Å². The lowest BCUT2D eigenvalue weighted by Crippen LogP contribution is -2.38. The second-order valence-electron chi connectivity index (χ2n) is 9.58. The molecule has 4 rings (SSSR count). The smallest absolute Gasteiger partial charge is 0.379 e. The van der Waals surface area contributed by atoms with Crippen LogP contribution in [0.1, 0.15) is 46.3 Å². The van der Waals surface area contributed by atoms with Crippen LogP contribution in [0.5, 0.6) is 0 Å². The van der Waals surface area contributed by atoms with Crippen molar-refractivity contribution in [2.24, 2.45) is 7.05 Å². The van der Waals surface area contributed by atoms with Crippen molar-refractivity contribution in [1.29, 1.82) is 0 Å². The molecule has 1 aliphatic rings. The van der Waals surface area contributed by atoms with Crippen molar-refractivity contribution < 1.29 is 44.3 Å². The second kappa shape index (κ2) is 11.5. The lowest BCUT2D eigenvalue weighted by molar-refractivity contribution is -0.143. The molecule has 2 aromatic carbocycles. The van der Waals surface area contributed by atoms with E-state index >= 15 is 0 Å². The number of hydrogen-bond acceptors (Lipinski definition) is 6. The largest absolute Gasteiger partial charge is 0.416 e. The maximum atomic E-state index is 13.7. The molecule has 1 unspecified atom stereocenters. The molecule has 224 valence electrons. The summed E-state index contributed by atoms with van der Waals surface area (Å²) in [6.07, 6.45) is -14.9. The highest BCUT2D eigenvalue weighted by molar-refractivity contribution is 5.42. The maximum Gasteiger partial charge on any atom is 0.416 e. The van der Waals surface area contributed by atoms with E-state index in [1.54, 1.807) is 6.92 Å². The minimum absolute atomic E-state index is 0.00331. The van der Waals surface area contributed by atoms with Gasteiger partial charge in [0.15, 0.2) is 0 Å². The number of anilines is 1. The van der Waals surface area contributed by atoms with Crippen LogP contribution in [0.15, 0.2) is 36.4 Å². The Labute approximate surface area is 228 Å². The third kappa shape index (κ3) is 7.47. The van der Waals surface area contributed by atoms with E-state index in [1.165, 1.54) is 18.0 Å². The third-order valence-corrected chi connectivity index (χ3v) is 6.68. The SMILES string of the molecule is CC(c1ccc(C(F)(F)F)cc1CN(Cc1cc(C(F)(F)F)cc(C(F)(F)F)c1)c1nnn(C)n1)N1CCOCC1. The van der Waals surface area contributed by atoms with Crippen LogP contribution in [0.4, 0.5) is 45.5 Å². The summed E-state index contributed by atoms with van der Waals surface area (Å²) in [6.45, 7) is 2.73. The molecule has 0 spiro atoms. The van der Waals surface area contributed by atoms with E-state index in [-0.39, 0.29) is 30.2 Å². The van der Waals surface area contributed by atoms with Gasteiger partial charge in [0.05, 0.1) is 37.0 Å². The van der Waals surface area contributed by atoms with Crippen LogP contribution < -0.4 is 4.90 Å². The van der Waals surface area contributed by atoms with E-state index in [0.29, 0.717) is 44.0 Å². The van der Waals surface area contributed by atoms with Crippen molar-refractivity contribution in [2.45, 2.75) is 44.6 Å². The van der Waals surface area contributed by atoms with E-state index in [1.807, 2.05) is 4.90 Å². The highest BCUT2D eigenvalue weighted by atomic mass is 19.4. The minimum Gasteiger partial charge on any atom is -0.379 e. The zero-order valence-electron chi connectivity index (χ0n) is 21.8. The maximum absolute atomic E-state index is 13.7. The highest BCUT2D eigenvalue weighted by Crippen LogP contribution is 2.38. The average molecular weight is 596 g/mol. The Kier molecular flexibility index (Phi) is 8.55. The number of tetrazole rings is 1. The molecule has 2 heterocycles. The fraction of sp³-hybridized carbons (Fsp3) is 0.480. The summed E-state index contributed by atoms with van der Waals surface area (Å²) in [6, 6.07) is 3.92. The zero-order chi connectivity index (χ0) is 30.2. The number of aromatic nitrogens is 4. The fourth-order valence-electron chi connectivity index (χ4n) is 4.62. The van der Waals surface area contributed by atoms with Gasteiger partial charge in [-0.05, 0) is 59.2 Å². The molecule has 16 heteroatoms. The normalized spacial score (nSPS) is 16.2. The number of rotatable bonds is 7. The predicted octanol–water partition coefficient (Wildman–Crippen LogP) is 5.87. The molecule has 0 N–H and O–H groups in total. The molecule has 1 atom stereocenters. The van der Waals surface area contributed by atoms with Crippen LogP contribution in [0.3, 0.4) is 0 Å². The standard InChI is InChI=1S/C25H25F9N6O/c1-15(39-5-7-41-8-6-39)21-4-3-18(23(26,27)28)11-17(21)14-40(22-35-37-38(2)36-22)13-16-9-19(24(29,30)31)12-20(10-16)25(32,33)34/h3-4,9-12,15H,5-8,13-14H2,1-2H3. The van der Waals surface area contributed by atoms with Crippen molar-refractivity contribution in [3.05, 3.63) is 69.8 Å². The highest BCUT2D eigenvalue weighted by Gasteiger charge is 2.37. The van der Waals surface area contributed by atoms with Gasteiger partial charge >= 0.3 is 18.5 Å². The number of morpholine rings is 1.